The Labute approximate surface area is 110 Å². The number of rotatable bonds is 6. The van der Waals surface area contributed by atoms with Crippen molar-refractivity contribution in [2.45, 2.75) is 26.3 Å². The molecule has 2 aromatic heterocycles. The molecule has 0 atom stereocenters. The number of H-pyrrole nitrogens is 1. The lowest BCUT2D eigenvalue weighted by Gasteiger charge is -2.04. The van der Waals surface area contributed by atoms with Crippen LogP contribution in [0.25, 0.3) is 0 Å². The van der Waals surface area contributed by atoms with E-state index in [1.165, 1.54) is 0 Å². The highest BCUT2D eigenvalue weighted by molar-refractivity contribution is 5.92. The molecule has 19 heavy (non-hydrogen) atoms. The maximum Gasteiger partial charge on any atom is 0.360 e. The number of carbonyl (C=O) groups excluding carboxylic acids is 1. The van der Waals surface area contributed by atoms with Crippen LogP contribution in [0.4, 0.5) is 5.82 Å². The lowest BCUT2D eigenvalue weighted by Crippen LogP contribution is -2.10. The predicted molar refractivity (Wildman–Crippen MR) is 69.5 cm³/mol. The third-order valence-electron chi connectivity index (χ3n) is 2.71. The summed E-state index contributed by atoms with van der Waals surface area (Å²) in [4.78, 5) is 22.7. The number of aromatic amines is 1. The van der Waals surface area contributed by atoms with Crippen LogP contribution in [0.2, 0.25) is 0 Å². The van der Waals surface area contributed by atoms with Crippen molar-refractivity contribution in [3.8, 4) is 0 Å². The van der Waals surface area contributed by atoms with Gasteiger partial charge < -0.3 is 20.0 Å². The molecule has 0 saturated heterocycles. The third kappa shape index (κ3) is 3.12. The van der Waals surface area contributed by atoms with Crippen LogP contribution in [0.3, 0.4) is 0 Å². The number of hydrogen-bond acceptors (Lipinski definition) is 5. The van der Waals surface area contributed by atoms with E-state index in [9.17, 15) is 4.79 Å². The average Bonchev–Trinajstić information content (AvgIpc) is 3.01. The minimum atomic E-state index is -0.482. The maximum absolute atomic E-state index is 11.5. The Balaban J connectivity index is 1.92. The minimum Gasteiger partial charge on any atom is -0.461 e. The first-order valence-corrected chi connectivity index (χ1v) is 6.18. The van der Waals surface area contributed by atoms with Crippen molar-refractivity contribution in [2.75, 3.05) is 12.3 Å². The third-order valence-corrected chi connectivity index (χ3v) is 2.71. The van der Waals surface area contributed by atoms with Gasteiger partial charge >= 0.3 is 5.97 Å². The molecule has 0 fully saturated rings. The van der Waals surface area contributed by atoms with E-state index in [1.54, 1.807) is 30.2 Å². The van der Waals surface area contributed by atoms with Crippen LogP contribution >= 0.6 is 0 Å². The minimum absolute atomic E-state index is 0.180. The molecule has 0 aliphatic carbocycles. The summed E-state index contributed by atoms with van der Waals surface area (Å²) in [5, 5.41) is 0. The van der Waals surface area contributed by atoms with E-state index in [0.717, 1.165) is 18.7 Å². The van der Waals surface area contributed by atoms with Crippen molar-refractivity contribution < 1.29 is 9.53 Å². The monoisotopic (exact) mass is 263 g/mol. The molecule has 0 unspecified atom stereocenters. The fourth-order valence-electron chi connectivity index (χ4n) is 1.78. The molecule has 7 nitrogen and oxygen atoms in total. The van der Waals surface area contributed by atoms with E-state index in [1.807, 2.05) is 0 Å². The molecule has 0 aliphatic heterocycles. The van der Waals surface area contributed by atoms with E-state index in [2.05, 4.69) is 15.0 Å². The molecule has 0 saturated carbocycles. The quantitative estimate of drug-likeness (QED) is 0.757. The van der Waals surface area contributed by atoms with Gasteiger partial charge in [0.25, 0.3) is 0 Å². The van der Waals surface area contributed by atoms with Crippen LogP contribution in [-0.4, -0.2) is 32.1 Å². The molecule has 0 amide bonds. The van der Waals surface area contributed by atoms with Crippen molar-refractivity contribution in [3.05, 3.63) is 30.2 Å². The first-order valence-electron chi connectivity index (χ1n) is 6.18. The normalized spacial score (nSPS) is 10.6. The number of aryl methyl sites for hydroxylation is 2. The van der Waals surface area contributed by atoms with Crippen LogP contribution in [0.5, 0.6) is 0 Å². The smallest absolute Gasteiger partial charge is 0.360 e. The number of hydrogen-bond donors (Lipinski definition) is 2. The Morgan fingerprint density at radius 2 is 2.37 bits per heavy atom. The second-order valence-corrected chi connectivity index (χ2v) is 4.03. The summed E-state index contributed by atoms with van der Waals surface area (Å²) >= 11 is 0. The molecule has 7 heteroatoms. The number of aromatic nitrogens is 4. The lowest BCUT2D eigenvalue weighted by atomic mass is 10.3. The number of imidazole rings is 2. The summed E-state index contributed by atoms with van der Waals surface area (Å²) in [5.74, 6) is 0.798. The van der Waals surface area contributed by atoms with Gasteiger partial charge in [-0.05, 0) is 13.3 Å². The molecule has 3 N–H and O–H groups in total. The van der Waals surface area contributed by atoms with Crippen LogP contribution in [0.1, 0.15) is 29.7 Å². The Hall–Kier alpha value is -2.31. The highest BCUT2D eigenvalue weighted by Gasteiger charge is 2.16. The number of carbonyl (C=O) groups is 1. The van der Waals surface area contributed by atoms with Crippen molar-refractivity contribution in [1.82, 2.24) is 19.5 Å². The van der Waals surface area contributed by atoms with E-state index in [4.69, 9.17) is 10.5 Å². The van der Waals surface area contributed by atoms with Gasteiger partial charge in [-0.1, -0.05) is 0 Å². The summed E-state index contributed by atoms with van der Waals surface area (Å²) in [6, 6.07) is 0. The largest absolute Gasteiger partial charge is 0.461 e. The van der Waals surface area contributed by atoms with E-state index in [-0.39, 0.29) is 5.69 Å². The van der Waals surface area contributed by atoms with Crippen molar-refractivity contribution >= 4 is 11.8 Å². The highest BCUT2D eigenvalue weighted by atomic mass is 16.5. The van der Waals surface area contributed by atoms with Crippen LogP contribution in [0, 0.1) is 0 Å². The number of esters is 1. The molecule has 0 radical (unpaired) electrons. The predicted octanol–water partition coefficient (Wildman–Crippen LogP) is 0.998. The second-order valence-electron chi connectivity index (χ2n) is 4.03. The molecule has 0 aliphatic rings. The Morgan fingerprint density at radius 1 is 1.53 bits per heavy atom. The maximum atomic E-state index is 11.5. The van der Waals surface area contributed by atoms with E-state index < -0.39 is 5.97 Å². The van der Waals surface area contributed by atoms with Gasteiger partial charge in [0.1, 0.15) is 11.6 Å². The van der Waals surface area contributed by atoms with Gasteiger partial charge in [-0.3, -0.25) is 0 Å². The molecular formula is C12H17N5O2. The number of nitrogens with two attached hydrogens (primary N) is 1. The molecule has 2 rings (SSSR count). The molecule has 0 aromatic carbocycles. The fourth-order valence-corrected chi connectivity index (χ4v) is 1.78. The number of ether oxygens (including phenoxy) is 1. The molecule has 2 aromatic rings. The van der Waals surface area contributed by atoms with Gasteiger partial charge in [-0.25, -0.2) is 14.8 Å². The van der Waals surface area contributed by atoms with Crippen LogP contribution in [-0.2, 0) is 17.7 Å². The van der Waals surface area contributed by atoms with Gasteiger partial charge in [0, 0.05) is 25.4 Å². The zero-order valence-corrected chi connectivity index (χ0v) is 10.8. The van der Waals surface area contributed by atoms with Gasteiger partial charge in [-0.15, -0.1) is 0 Å². The summed E-state index contributed by atoms with van der Waals surface area (Å²) in [5.41, 5.74) is 6.05. The molecule has 0 spiro atoms. The number of nitrogens with one attached hydrogen (secondary N) is 1. The van der Waals surface area contributed by atoms with Gasteiger partial charge in [0.2, 0.25) is 0 Å². The van der Waals surface area contributed by atoms with Crippen LogP contribution in [0.15, 0.2) is 18.7 Å². The Bertz CT molecular complexity index is 532. The highest BCUT2D eigenvalue weighted by Crippen LogP contribution is 2.12. The zero-order valence-electron chi connectivity index (χ0n) is 10.8. The molecule has 2 heterocycles. The van der Waals surface area contributed by atoms with Gasteiger partial charge in [0.05, 0.1) is 12.9 Å². The summed E-state index contributed by atoms with van der Waals surface area (Å²) in [6.07, 6.45) is 6.75. The lowest BCUT2D eigenvalue weighted by molar-refractivity contribution is 0.0521. The van der Waals surface area contributed by atoms with Crippen molar-refractivity contribution in [1.29, 1.82) is 0 Å². The molecule has 102 valence electrons. The van der Waals surface area contributed by atoms with E-state index in [0.29, 0.717) is 19.0 Å². The SMILES string of the molecule is CCOC(=O)c1ncn(CCCc2ncc[nH]2)c1N. The number of nitrogens with zero attached hydrogens (tertiary/aromatic N) is 3. The van der Waals surface area contributed by atoms with E-state index >= 15 is 0 Å². The Kier molecular flexibility index (Phi) is 4.17. The van der Waals surface area contributed by atoms with Crippen molar-refractivity contribution in [2.24, 2.45) is 0 Å². The standard InChI is InChI=1S/C12H17N5O2/c1-2-19-12(18)10-11(13)17(8-16-10)7-3-4-9-14-5-6-15-9/h5-6,8H,2-4,7,13H2,1H3,(H,14,15). The van der Waals surface area contributed by atoms with Crippen LogP contribution < -0.4 is 5.73 Å². The average molecular weight is 263 g/mol. The molecule has 0 bridgehead atoms. The summed E-state index contributed by atoms with van der Waals surface area (Å²) < 4.78 is 6.62. The Morgan fingerprint density at radius 3 is 3.05 bits per heavy atom. The summed E-state index contributed by atoms with van der Waals surface area (Å²) in [7, 11) is 0. The van der Waals surface area contributed by atoms with Gasteiger partial charge in [-0.2, -0.15) is 0 Å². The first kappa shape index (κ1) is 13.1. The van der Waals surface area contributed by atoms with Gasteiger partial charge in [0.15, 0.2) is 5.69 Å². The second kappa shape index (κ2) is 6.03. The topological polar surface area (TPSA) is 98.8 Å². The first-order chi connectivity index (χ1) is 9.22. The zero-order chi connectivity index (χ0) is 13.7. The fraction of sp³-hybridized carbons (Fsp3) is 0.417. The molecular weight excluding hydrogens is 246 g/mol. The number of anilines is 1. The number of nitrogen functional groups attached to an aromatic ring is 1. The summed E-state index contributed by atoms with van der Waals surface area (Å²) in [6.45, 7) is 2.73. The van der Waals surface area contributed by atoms with Crippen molar-refractivity contribution in [3.63, 3.8) is 0 Å².